The largest absolute Gasteiger partial charge is 0.246 e. The van der Waals surface area contributed by atoms with Crippen LogP contribution in [0.3, 0.4) is 0 Å². The van der Waals surface area contributed by atoms with Crippen LogP contribution < -0.4 is 0 Å². The molecule has 3 nitrogen and oxygen atoms in total. The van der Waals surface area contributed by atoms with Crippen molar-refractivity contribution in [3.8, 4) is 9.88 Å². The SMILES string of the molecule is Cc1nc(C)c(-c2nnc(Cl)s2)s1. The number of rotatable bonds is 1. The molecule has 0 saturated heterocycles. The molecular weight excluding hydrogens is 226 g/mol. The van der Waals surface area contributed by atoms with Crippen molar-refractivity contribution in [1.82, 2.24) is 15.2 Å². The average molecular weight is 232 g/mol. The molecule has 2 aromatic rings. The standard InChI is InChI=1S/C7H6ClN3S2/c1-3-5(12-4(2)9-3)6-10-11-7(8)13-6/h1-2H3. The Morgan fingerprint density at radius 3 is 2.38 bits per heavy atom. The van der Waals surface area contributed by atoms with E-state index in [1.807, 2.05) is 13.8 Å². The zero-order valence-electron chi connectivity index (χ0n) is 7.04. The predicted octanol–water partition coefficient (Wildman–Crippen LogP) is 2.93. The van der Waals surface area contributed by atoms with E-state index in [4.69, 9.17) is 11.6 Å². The Morgan fingerprint density at radius 2 is 1.92 bits per heavy atom. The minimum atomic E-state index is 0.473. The molecule has 2 aromatic heterocycles. The highest BCUT2D eigenvalue weighted by Gasteiger charge is 2.11. The Morgan fingerprint density at radius 1 is 1.15 bits per heavy atom. The van der Waals surface area contributed by atoms with Crippen molar-refractivity contribution in [2.24, 2.45) is 0 Å². The fourth-order valence-electron chi connectivity index (χ4n) is 1.03. The monoisotopic (exact) mass is 231 g/mol. The van der Waals surface area contributed by atoms with Gasteiger partial charge in [-0.1, -0.05) is 11.3 Å². The molecule has 0 unspecified atom stereocenters. The molecule has 0 aliphatic rings. The zero-order valence-corrected chi connectivity index (χ0v) is 9.43. The van der Waals surface area contributed by atoms with Gasteiger partial charge in [0, 0.05) is 0 Å². The second-order valence-corrected chi connectivity index (χ2v) is 5.27. The van der Waals surface area contributed by atoms with Gasteiger partial charge < -0.3 is 0 Å². The quantitative estimate of drug-likeness (QED) is 0.758. The smallest absolute Gasteiger partial charge is 0.207 e. The molecule has 2 heterocycles. The minimum Gasteiger partial charge on any atom is -0.246 e. The van der Waals surface area contributed by atoms with Gasteiger partial charge in [0.2, 0.25) is 4.47 Å². The summed E-state index contributed by atoms with van der Waals surface area (Å²) in [6.07, 6.45) is 0. The van der Waals surface area contributed by atoms with E-state index in [1.165, 1.54) is 11.3 Å². The lowest BCUT2D eigenvalue weighted by Crippen LogP contribution is -1.76. The summed E-state index contributed by atoms with van der Waals surface area (Å²) in [7, 11) is 0. The van der Waals surface area contributed by atoms with Crippen LogP contribution in [0, 0.1) is 13.8 Å². The molecule has 13 heavy (non-hydrogen) atoms. The molecule has 0 spiro atoms. The molecule has 0 amide bonds. The van der Waals surface area contributed by atoms with Crippen LogP contribution in [0.5, 0.6) is 0 Å². The van der Waals surface area contributed by atoms with Crippen molar-refractivity contribution in [2.45, 2.75) is 13.8 Å². The molecule has 0 N–H and O–H groups in total. The van der Waals surface area contributed by atoms with E-state index in [0.29, 0.717) is 4.47 Å². The number of thiazole rings is 1. The van der Waals surface area contributed by atoms with E-state index in [9.17, 15) is 0 Å². The highest BCUT2D eigenvalue weighted by atomic mass is 35.5. The van der Waals surface area contributed by atoms with E-state index in [-0.39, 0.29) is 0 Å². The van der Waals surface area contributed by atoms with E-state index >= 15 is 0 Å². The van der Waals surface area contributed by atoms with Gasteiger partial charge in [0.05, 0.1) is 15.6 Å². The van der Waals surface area contributed by atoms with Crippen molar-refractivity contribution >= 4 is 34.3 Å². The van der Waals surface area contributed by atoms with Crippen molar-refractivity contribution in [1.29, 1.82) is 0 Å². The third-order valence-electron chi connectivity index (χ3n) is 1.50. The highest BCUT2D eigenvalue weighted by molar-refractivity contribution is 7.23. The molecule has 0 aliphatic heterocycles. The van der Waals surface area contributed by atoms with E-state index < -0.39 is 0 Å². The molecule has 0 aliphatic carbocycles. The van der Waals surface area contributed by atoms with Gasteiger partial charge in [-0.2, -0.15) is 0 Å². The summed E-state index contributed by atoms with van der Waals surface area (Å²) in [5.74, 6) is 0. The van der Waals surface area contributed by atoms with Gasteiger partial charge in [0.25, 0.3) is 0 Å². The second kappa shape index (κ2) is 3.32. The van der Waals surface area contributed by atoms with E-state index in [2.05, 4.69) is 15.2 Å². The van der Waals surface area contributed by atoms with Crippen LogP contribution in [0.1, 0.15) is 10.7 Å². The summed E-state index contributed by atoms with van der Waals surface area (Å²) in [6.45, 7) is 3.94. The Hall–Kier alpha value is -0.520. The van der Waals surface area contributed by atoms with E-state index in [0.717, 1.165) is 20.6 Å². The van der Waals surface area contributed by atoms with Gasteiger partial charge in [0.15, 0.2) is 5.01 Å². The van der Waals surface area contributed by atoms with Crippen molar-refractivity contribution in [3.05, 3.63) is 15.2 Å². The number of hydrogen-bond donors (Lipinski definition) is 0. The molecular formula is C7H6ClN3S2. The van der Waals surface area contributed by atoms with Gasteiger partial charge >= 0.3 is 0 Å². The molecule has 0 fully saturated rings. The lowest BCUT2D eigenvalue weighted by molar-refractivity contribution is 1.09. The maximum absolute atomic E-state index is 5.70. The first kappa shape index (κ1) is 9.05. The molecule has 0 aromatic carbocycles. The van der Waals surface area contributed by atoms with Gasteiger partial charge in [-0.15, -0.1) is 21.5 Å². The molecule has 0 atom stereocenters. The number of hydrogen-bond acceptors (Lipinski definition) is 5. The molecule has 68 valence electrons. The van der Waals surface area contributed by atoms with Crippen molar-refractivity contribution < 1.29 is 0 Å². The third kappa shape index (κ3) is 1.72. The fraction of sp³-hybridized carbons (Fsp3) is 0.286. The minimum absolute atomic E-state index is 0.473. The fourth-order valence-corrected chi connectivity index (χ4v) is 2.90. The number of aryl methyl sites for hydroxylation is 2. The first-order valence-electron chi connectivity index (χ1n) is 3.60. The van der Waals surface area contributed by atoms with Crippen LogP contribution in [0.2, 0.25) is 4.47 Å². The van der Waals surface area contributed by atoms with Crippen LogP contribution in [0.15, 0.2) is 0 Å². The van der Waals surface area contributed by atoms with Gasteiger partial charge in [-0.25, -0.2) is 4.98 Å². The van der Waals surface area contributed by atoms with Gasteiger partial charge in [-0.05, 0) is 25.4 Å². The average Bonchev–Trinajstić information content (AvgIpc) is 2.58. The summed E-state index contributed by atoms with van der Waals surface area (Å²) < 4.78 is 0.473. The Bertz CT molecular complexity index is 435. The first-order valence-corrected chi connectivity index (χ1v) is 5.61. The Labute approximate surface area is 88.4 Å². The molecule has 0 bridgehead atoms. The second-order valence-electron chi connectivity index (χ2n) is 2.51. The lowest BCUT2D eigenvalue weighted by atomic mass is 10.4. The van der Waals surface area contributed by atoms with Crippen LogP contribution in [0.4, 0.5) is 0 Å². The van der Waals surface area contributed by atoms with Crippen molar-refractivity contribution in [2.75, 3.05) is 0 Å². The van der Waals surface area contributed by atoms with Crippen LogP contribution >= 0.6 is 34.3 Å². The first-order chi connectivity index (χ1) is 6.16. The van der Waals surface area contributed by atoms with Gasteiger partial charge in [-0.3, -0.25) is 0 Å². The summed E-state index contributed by atoms with van der Waals surface area (Å²) in [4.78, 5) is 5.38. The molecule has 0 saturated carbocycles. The zero-order chi connectivity index (χ0) is 9.42. The molecule has 2 rings (SSSR count). The van der Waals surface area contributed by atoms with Gasteiger partial charge in [0.1, 0.15) is 0 Å². The third-order valence-corrected chi connectivity index (χ3v) is 3.74. The summed E-state index contributed by atoms with van der Waals surface area (Å²) >= 11 is 8.70. The number of aromatic nitrogens is 3. The highest BCUT2D eigenvalue weighted by Crippen LogP contribution is 2.32. The molecule has 6 heteroatoms. The summed E-state index contributed by atoms with van der Waals surface area (Å²) in [6, 6.07) is 0. The summed E-state index contributed by atoms with van der Waals surface area (Å²) in [5.41, 5.74) is 0.996. The molecule has 0 radical (unpaired) electrons. The number of nitrogens with zero attached hydrogens (tertiary/aromatic N) is 3. The Balaban J connectivity index is 2.51. The maximum Gasteiger partial charge on any atom is 0.207 e. The normalized spacial score (nSPS) is 10.7. The maximum atomic E-state index is 5.70. The van der Waals surface area contributed by atoms with Crippen LogP contribution in [0.25, 0.3) is 9.88 Å². The van der Waals surface area contributed by atoms with Crippen LogP contribution in [-0.2, 0) is 0 Å². The van der Waals surface area contributed by atoms with E-state index in [1.54, 1.807) is 11.3 Å². The van der Waals surface area contributed by atoms with Crippen LogP contribution in [-0.4, -0.2) is 15.2 Å². The summed E-state index contributed by atoms with van der Waals surface area (Å²) in [5, 5.41) is 9.62. The lowest BCUT2D eigenvalue weighted by Gasteiger charge is -1.87. The predicted molar refractivity (Wildman–Crippen MR) is 55.5 cm³/mol. The topological polar surface area (TPSA) is 38.7 Å². The Kier molecular flexibility index (Phi) is 2.31. The van der Waals surface area contributed by atoms with Crippen molar-refractivity contribution in [3.63, 3.8) is 0 Å². The number of halogens is 1.